The van der Waals surface area contributed by atoms with Crippen LogP contribution < -0.4 is 5.32 Å². The highest BCUT2D eigenvalue weighted by molar-refractivity contribution is 8.01. The first-order valence-electron chi connectivity index (χ1n) is 7.43. The van der Waals surface area contributed by atoms with Crippen LogP contribution in [-0.4, -0.2) is 46.9 Å². The molecule has 0 atom stereocenters. The Bertz CT molecular complexity index is 772. The molecule has 0 saturated carbocycles. The van der Waals surface area contributed by atoms with Crippen LogP contribution in [0.1, 0.15) is 16.1 Å². The summed E-state index contributed by atoms with van der Waals surface area (Å²) < 4.78 is 0.747. The van der Waals surface area contributed by atoms with E-state index in [2.05, 4.69) is 10.3 Å². The molecule has 7 nitrogen and oxygen atoms in total. The van der Waals surface area contributed by atoms with E-state index in [1.165, 1.54) is 29.2 Å². The molecule has 126 valence electrons. The zero-order valence-electron chi connectivity index (χ0n) is 13.0. The summed E-state index contributed by atoms with van der Waals surface area (Å²) in [5, 5.41) is 16.5. The van der Waals surface area contributed by atoms with Gasteiger partial charge in [0.05, 0.1) is 9.82 Å². The van der Waals surface area contributed by atoms with E-state index >= 15 is 0 Å². The first-order valence-corrected chi connectivity index (χ1v) is 9.12. The van der Waals surface area contributed by atoms with Crippen molar-refractivity contribution in [2.24, 2.45) is 0 Å². The minimum atomic E-state index is -0.447. The van der Waals surface area contributed by atoms with Crippen molar-refractivity contribution in [1.29, 1.82) is 0 Å². The maximum absolute atomic E-state index is 12.5. The van der Waals surface area contributed by atoms with Gasteiger partial charge in [0.15, 0.2) is 4.34 Å². The van der Waals surface area contributed by atoms with Gasteiger partial charge in [-0.1, -0.05) is 11.8 Å². The minimum Gasteiger partial charge on any atom is -0.336 e. The highest BCUT2D eigenvalue weighted by Gasteiger charge is 2.23. The average Bonchev–Trinajstić information content (AvgIpc) is 3.00. The fourth-order valence-corrected chi connectivity index (χ4v) is 4.28. The van der Waals surface area contributed by atoms with Crippen molar-refractivity contribution in [2.45, 2.75) is 16.2 Å². The SMILES string of the molecule is Cc1csc(Sc2ccc(C(=O)N3CCNCC3)cc2[N+](=O)[O-])n1. The zero-order chi connectivity index (χ0) is 17.1. The van der Waals surface area contributed by atoms with Crippen LogP contribution in [0.3, 0.4) is 0 Å². The summed E-state index contributed by atoms with van der Waals surface area (Å²) in [5.74, 6) is -0.166. The Labute approximate surface area is 147 Å². The second kappa shape index (κ2) is 7.29. The highest BCUT2D eigenvalue weighted by atomic mass is 32.2. The van der Waals surface area contributed by atoms with Crippen molar-refractivity contribution in [3.05, 3.63) is 45.0 Å². The molecule has 1 aliphatic heterocycles. The number of aromatic nitrogens is 1. The molecule has 1 amide bonds. The Hall–Kier alpha value is -1.97. The van der Waals surface area contributed by atoms with Crippen LogP contribution in [-0.2, 0) is 0 Å². The summed E-state index contributed by atoms with van der Waals surface area (Å²) in [6.45, 7) is 4.59. The lowest BCUT2D eigenvalue weighted by atomic mass is 10.1. The molecule has 1 saturated heterocycles. The number of nitrogens with one attached hydrogen (secondary N) is 1. The summed E-state index contributed by atoms with van der Waals surface area (Å²) in [6, 6.07) is 4.66. The Morgan fingerprint density at radius 1 is 1.42 bits per heavy atom. The van der Waals surface area contributed by atoms with Crippen molar-refractivity contribution in [1.82, 2.24) is 15.2 Å². The number of hydrogen-bond donors (Lipinski definition) is 1. The Morgan fingerprint density at radius 2 is 2.17 bits per heavy atom. The first kappa shape index (κ1) is 16.9. The van der Waals surface area contributed by atoms with Crippen molar-refractivity contribution in [3.8, 4) is 0 Å². The van der Waals surface area contributed by atoms with Crippen molar-refractivity contribution < 1.29 is 9.72 Å². The van der Waals surface area contributed by atoms with Gasteiger partial charge in [0.1, 0.15) is 0 Å². The summed E-state index contributed by atoms with van der Waals surface area (Å²) in [4.78, 5) is 30.0. The molecule has 0 aliphatic carbocycles. The quantitative estimate of drug-likeness (QED) is 0.662. The molecule has 0 spiro atoms. The number of carbonyl (C=O) groups is 1. The molecule has 1 aromatic heterocycles. The van der Waals surface area contributed by atoms with E-state index in [0.29, 0.717) is 23.5 Å². The molecular formula is C15H16N4O3S2. The second-order valence-corrected chi connectivity index (χ2v) is 7.49. The molecule has 9 heteroatoms. The molecule has 2 aromatic rings. The second-order valence-electron chi connectivity index (χ2n) is 5.34. The summed E-state index contributed by atoms with van der Waals surface area (Å²) in [7, 11) is 0. The largest absolute Gasteiger partial charge is 0.336 e. The number of nitro groups is 1. The third-order valence-corrected chi connectivity index (χ3v) is 5.72. The maximum Gasteiger partial charge on any atom is 0.284 e. The molecule has 3 rings (SSSR count). The smallest absolute Gasteiger partial charge is 0.284 e. The van der Waals surface area contributed by atoms with Crippen LogP contribution >= 0.6 is 23.1 Å². The Balaban J connectivity index is 1.86. The van der Waals surface area contributed by atoms with E-state index in [4.69, 9.17) is 0 Å². The zero-order valence-corrected chi connectivity index (χ0v) is 14.7. The Morgan fingerprint density at radius 3 is 2.79 bits per heavy atom. The lowest BCUT2D eigenvalue weighted by molar-refractivity contribution is -0.387. The predicted octanol–water partition coefficient (Wildman–Crippen LogP) is 2.56. The van der Waals surface area contributed by atoms with E-state index in [1.54, 1.807) is 17.0 Å². The van der Waals surface area contributed by atoms with Gasteiger partial charge in [0.25, 0.3) is 11.6 Å². The molecule has 1 N–H and O–H groups in total. The van der Waals surface area contributed by atoms with Gasteiger partial charge in [-0.2, -0.15) is 0 Å². The van der Waals surface area contributed by atoms with E-state index in [1.807, 2.05) is 12.3 Å². The first-order chi connectivity index (χ1) is 11.5. The number of rotatable bonds is 4. The van der Waals surface area contributed by atoms with Crippen LogP contribution in [0.5, 0.6) is 0 Å². The summed E-state index contributed by atoms with van der Waals surface area (Å²) in [5.41, 5.74) is 1.17. The third kappa shape index (κ3) is 3.74. The normalized spacial score (nSPS) is 14.6. The van der Waals surface area contributed by atoms with Gasteiger partial charge >= 0.3 is 0 Å². The number of benzene rings is 1. The van der Waals surface area contributed by atoms with E-state index in [9.17, 15) is 14.9 Å². The van der Waals surface area contributed by atoms with Crippen LogP contribution in [0.2, 0.25) is 0 Å². The highest BCUT2D eigenvalue weighted by Crippen LogP contribution is 2.36. The summed E-state index contributed by atoms with van der Waals surface area (Å²) >= 11 is 2.70. The van der Waals surface area contributed by atoms with E-state index in [-0.39, 0.29) is 11.6 Å². The van der Waals surface area contributed by atoms with E-state index < -0.39 is 4.92 Å². The van der Waals surface area contributed by atoms with Crippen LogP contribution in [0.25, 0.3) is 0 Å². The van der Waals surface area contributed by atoms with Gasteiger partial charge in [-0.25, -0.2) is 4.98 Å². The predicted molar refractivity (Wildman–Crippen MR) is 92.8 cm³/mol. The molecule has 1 aliphatic rings. The standard InChI is InChI=1S/C15H16N4O3S2/c1-10-9-23-15(17-10)24-13-3-2-11(8-12(13)19(21)22)14(20)18-6-4-16-5-7-18/h2-3,8-9,16H,4-7H2,1H3. The van der Waals surface area contributed by atoms with Crippen molar-refractivity contribution >= 4 is 34.7 Å². The fourth-order valence-electron chi connectivity index (χ4n) is 2.40. The van der Waals surface area contributed by atoms with Crippen molar-refractivity contribution in [2.75, 3.05) is 26.2 Å². The average molecular weight is 364 g/mol. The molecule has 1 aromatic carbocycles. The minimum absolute atomic E-state index is 0.0613. The van der Waals surface area contributed by atoms with Crippen LogP contribution in [0, 0.1) is 17.0 Å². The van der Waals surface area contributed by atoms with Gasteiger partial charge in [-0.3, -0.25) is 14.9 Å². The maximum atomic E-state index is 12.5. The lowest BCUT2D eigenvalue weighted by Gasteiger charge is -2.27. The number of nitro benzene ring substituents is 1. The topological polar surface area (TPSA) is 88.4 Å². The molecule has 0 unspecified atom stereocenters. The number of piperazine rings is 1. The van der Waals surface area contributed by atoms with Crippen LogP contribution in [0.15, 0.2) is 32.8 Å². The number of amides is 1. The third-order valence-electron chi connectivity index (χ3n) is 3.60. The van der Waals surface area contributed by atoms with E-state index in [0.717, 1.165) is 23.1 Å². The molecular weight excluding hydrogens is 348 g/mol. The van der Waals surface area contributed by atoms with Gasteiger partial charge in [-0.05, 0) is 19.1 Å². The Kier molecular flexibility index (Phi) is 5.12. The molecule has 2 heterocycles. The number of thiazole rings is 1. The monoisotopic (exact) mass is 364 g/mol. The molecule has 0 bridgehead atoms. The molecule has 1 fully saturated rings. The van der Waals surface area contributed by atoms with Gasteiger partial charge in [0.2, 0.25) is 0 Å². The van der Waals surface area contributed by atoms with Crippen molar-refractivity contribution in [3.63, 3.8) is 0 Å². The lowest BCUT2D eigenvalue weighted by Crippen LogP contribution is -2.46. The number of carbonyl (C=O) groups excluding carboxylic acids is 1. The van der Waals surface area contributed by atoms with Gasteiger partial charge < -0.3 is 10.2 Å². The number of nitrogens with zero attached hydrogens (tertiary/aromatic N) is 3. The van der Waals surface area contributed by atoms with Gasteiger partial charge in [-0.15, -0.1) is 11.3 Å². The van der Waals surface area contributed by atoms with Gasteiger partial charge in [0, 0.05) is 48.9 Å². The molecule has 24 heavy (non-hydrogen) atoms. The number of aryl methyl sites for hydroxylation is 1. The number of hydrogen-bond acceptors (Lipinski definition) is 7. The fraction of sp³-hybridized carbons (Fsp3) is 0.333. The van der Waals surface area contributed by atoms with Crippen LogP contribution in [0.4, 0.5) is 5.69 Å². The molecule has 0 radical (unpaired) electrons. The summed E-state index contributed by atoms with van der Waals surface area (Å²) in [6.07, 6.45) is 0.